The van der Waals surface area contributed by atoms with Crippen LogP contribution in [0.4, 0.5) is 13.2 Å². The molecule has 21 heavy (non-hydrogen) atoms. The van der Waals surface area contributed by atoms with Crippen LogP contribution in [0.3, 0.4) is 0 Å². The Morgan fingerprint density at radius 1 is 1.24 bits per heavy atom. The van der Waals surface area contributed by atoms with Crippen LogP contribution in [0.2, 0.25) is 0 Å². The second kappa shape index (κ2) is 5.79. The summed E-state index contributed by atoms with van der Waals surface area (Å²) >= 11 is 0. The van der Waals surface area contributed by atoms with Gasteiger partial charge in [0.2, 0.25) is 5.88 Å². The third-order valence-electron chi connectivity index (χ3n) is 2.79. The SMILES string of the molecule is COc1cnc(C#N)c(Cc2ccc(C(F)(F)F)cc2)n1. The first kappa shape index (κ1) is 14.8. The monoisotopic (exact) mass is 293 g/mol. The van der Waals surface area contributed by atoms with Crippen LogP contribution in [-0.4, -0.2) is 17.1 Å². The lowest BCUT2D eigenvalue weighted by Gasteiger charge is -2.08. The van der Waals surface area contributed by atoms with Gasteiger partial charge in [0.25, 0.3) is 0 Å². The van der Waals surface area contributed by atoms with Gasteiger partial charge in [0.1, 0.15) is 6.07 Å². The molecule has 1 aromatic carbocycles. The van der Waals surface area contributed by atoms with Crippen molar-refractivity contribution < 1.29 is 17.9 Å². The van der Waals surface area contributed by atoms with E-state index in [1.165, 1.54) is 25.4 Å². The van der Waals surface area contributed by atoms with Gasteiger partial charge in [-0.1, -0.05) is 12.1 Å². The first-order valence-corrected chi connectivity index (χ1v) is 5.90. The summed E-state index contributed by atoms with van der Waals surface area (Å²) < 4.78 is 42.4. The molecule has 2 aromatic rings. The summed E-state index contributed by atoms with van der Waals surface area (Å²) in [5, 5.41) is 8.97. The van der Waals surface area contributed by atoms with Crippen molar-refractivity contribution in [2.24, 2.45) is 0 Å². The predicted octanol–water partition coefficient (Wildman–Crippen LogP) is 2.97. The molecular weight excluding hydrogens is 283 g/mol. The van der Waals surface area contributed by atoms with E-state index in [1.54, 1.807) is 0 Å². The van der Waals surface area contributed by atoms with Crippen molar-refractivity contribution in [3.05, 3.63) is 53.0 Å². The van der Waals surface area contributed by atoms with Crippen molar-refractivity contribution in [3.8, 4) is 11.9 Å². The lowest BCUT2D eigenvalue weighted by molar-refractivity contribution is -0.137. The number of benzene rings is 1. The molecule has 0 atom stereocenters. The van der Waals surface area contributed by atoms with Crippen LogP contribution in [0.25, 0.3) is 0 Å². The van der Waals surface area contributed by atoms with Crippen molar-refractivity contribution >= 4 is 0 Å². The Balaban J connectivity index is 2.28. The number of hydrogen-bond donors (Lipinski definition) is 0. The standard InChI is InChI=1S/C14H10F3N3O/c1-21-13-8-19-12(7-18)11(20-13)6-9-2-4-10(5-3-9)14(15,16)17/h2-5,8H,6H2,1H3. The zero-order chi connectivity index (χ0) is 15.5. The highest BCUT2D eigenvalue weighted by Crippen LogP contribution is 2.29. The van der Waals surface area contributed by atoms with Gasteiger partial charge in [-0.3, -0.25) is 0 Å². The van der Waals surface area contributed by atoms with E-state index in [2.05, 4.69) is 9.97 Å². The fraction of sp³-hybridized carbons (Fsp3) is 0.214. The van der Waals surface area contributed by atoms with E-state index < -0.39 is 11.7 Å². The molecule has 0 aliphatic carbocycles. The number of hydrogen-bond acceptors (Lipinski definition) is 4. The van der Waals surface area contributed by atoms with Crippen LogP contribution in [0.15, 0.2) is 30.5 Å². The van der Waals surface area contributed by atoms with Gasteiger partial charge in [0.15, 0.2) is 5.69 Å². The van der Waals surface area contributed by atoms with Gasteiger partial charge in [-0.15, -0.1) is 0 Å². The highest BCUT2D eigenvalue weighted by atomic mass is 19.4. The Morgan fingerprint density at radius 2 is 1.90 bits per heavy atom. The van der Waals surface area contributed by atoms with Gasteiger partial charge in [-0.25, -0.2) is 9.97 Å². The lowest BCUT2D eigenvalue weighted by atomic mass is 10.1. The van der Waals surface area contributed by atoms with E-state index in [0.717, 1.165) is 12.1 Å². The molecule has 2 rings (SSSR count). The molecule has 0 N–H and O–H groups in total. The van der Waals surface area contributed by atoms with Crippen molar-refractivity contribution in [2.75, 3.05) is 7.11 Å². The summed E-state index contributed by atoms with van der Waals surface area (Å²) in [7, 11) is 1.41. The first-order chi connectivity index (χ1) is 9.94. The maximum absolute atomic E-state index is 12.5. The summed E-state index contributed by atoms with van der Waals surface area (Å²) in [6, 6.07) is 6.59. The molecule has 0 aliphatic heterocycles. The van der Waals surface area contributed by atoms with E-state index >= 15 is 0 Å². The van der Waals surface area contributed by atoms with Crippen molar-refractivity contribution in [2.45, 2.75) is 12.6 Å². The second-order valence-electron chi connectivity index (χ2n) is 4.19. The van der Waals surface area contributed by atoms with Gasteiger partial charge in [-0.05, 0) is 17.7 Å². The number of rotatable bonds is 3. The van der Waals surface area contributed by atoms with Crippen molar-refractivity contribution in [1.29, 1.82) is 5.26 Å². The molecule has 1 aromatic heterocycles. The van der Waals surface area contributed by atoms with E-state index in [9.17, 15) is 13.2 Å². The minimum absolute atomic E-state index is 0.121. The van der Waals surface area contributed by atoms with Crippen LogP contribution in [0.1, 0.15) is 22.5 Å². The van der Waals surface area contributed by atoms with E-state index in [4.69, 9.17) is 10.00 Å². The Bertz CT molecular complexity index is 675. The molecule has 0 saturated carbocycles. The van der Waals surface area contributed by atoms with Crippen LogP contribution in [-0.2, 0) is 12.6 Å². The van der Waals surface area contributed by atoms with Crippen LogP contribution >= 0.6 is 0 Å². The van der Waals surface area contributed by atoms with Gasteiger partial charge >= 0.3 is 6.18 Å². The third-order valence-corrected chi connectivity index (χ3v) is 2.79. The summed E-state index contributed by atoms with van der Waals surface area (Å²) in [5.41, 5.74) is 0.359. The molecule has 108 valence electrons. The number of aromatic nitrogens is 2. The molecule has 0 unspecified atom stereocenters. The second-order valence-corrected chi connectivity index (χ2v) is 4.19. The molecule has 0 bridgehead atoms. The zero-order valence-corrected chi connectivity index (χ0v) is 11.0. The largest absolute Gasteiger partial charge is 0.480 e. The average Bonchev–Trinajstić information content (AvgIpc) is 2.46. The zero-order valence-electron chi connectivity index (χ0n) is 11.0. The fourth-order valence-corrected chi connectivity index (χ4v) is 1.73. The number of alkyl halides is 3. The molecule has 0 aliphatic rings. The van der Waals surface area contributed by atoms with Gasteiger partial charge in [0.05, 0.1) is 24.6 Å². The number of ether oxygens (including phenoxy) is 1. The third kappa shape index (κ3) is 3.48. The molecule has 0 amide bonds. The van der Waals surface area contributed by atoms with Gasteiger partial charge in [0, 0.05) is 6.42 Å². The molecule has 4 nitrogen and oxygen atoms in total. The smallest absolute Gasteiger partial charge is 0.416 e. The minimum atomic E-state index is -4.37. The highest BCUT2D eigenvalue weighted by molar-refractivity contribution is 5.34. The lowest BCUT2D eigenvalue weighted by Crippen LogP contribution is -2.05. The van der Waals surface area contributed by atoms with Gasteiger partial charge in [-0.2, -0.15) is 18.4 Å². The quantitative estimate of drug-likeness (QED) is 0.873. The molecule has 0 fully saturated rings. The molecule has 0 radical (unpaired) electrons. The number of halogens is 3. The number of nitriles is 1. The van der Waals surface area contributed by atoms with Crippen LogP contribution < -0.4 is 4.74 Å². The first-order valence-electron chi connectivity index (χ1n) is 5.90. The van der Waals surface area contributed by atoms with Crippen LogP contribution in [0.5, 0.6) is 5.88 Å². The normalized spacial score (nSPS) is 11.0. The Hall–Kier alpha value is -2.62. The Labute approximate surface area is 118 Å². The topological polar surface area (TPSA) is 58.8 Å². The van der Waals surface area contributed by atoms with E-state index in [-0.39, 0.29) is 18.0 Å². The van der Waals surface area contributed by atoms with Gasteiger partial charge < -0.3 is 4.74 Å². The summed E-state index contributed by atoms with van der Waals surface area (Å²) in [6.45, 7) is 0. The molecule has 1 heterocycles. The molecular formula is C14H10F3N3O. The van der Waals surface area contributed by atoms with E-state index in [0.29, 0.717) is 11.3 Å². The van der Waals surface area contributed by atoms with Crippen molar-refractivity contribution in [3.63, 3.8) is 0 Å². The van der Waals surface area contributed by atoms with Crippen LogP contribution in [0, 0.1) is 11.3 Å². The fourth-order valence-electron chi connectivity index (χ4n) is 1.73. The summed E-state index contributed by atoms with van der Waals surface area (Å²) in [6.07, 6.45) is -2.86. The minimum Gasteiger partial charge on any atom is -0.480 e. The highest BCUT2D eigenvalue weighted by Gasteiger charge is 2.29. The molecule has 0 saturated heterocycles. The van der Waals surface area contributed by atoms with Crippen molar-refractivity contribution in [1.82, 2.24) is 9.97 Å². The Morgan fingerprint density at radius 3 is 2.43 bits per heavy atom. The maximum Gasteiger partial charge on any atom is 0.416 e. The summed E-state index contributed by atoms with van der Waals surface area (Å²) in [5.74, 6) is 0.246. The molecule has 0 spiro atoms. The summed E-state index contributed by atoms with van der Waals surface area (Å²) in [4.78, 5) is 7.99. The Kier molecular flexibility index (Phi) is 4.08. The number of nitrogens with zero attached hydrogens (tertiary/aromatic N) is 3. The average molecular weight is 293 g/mol. The maximum atomic E-state index is 12.5. The van der Waals surface area contributed by atoms with E-state index in [1.807, 2.05) is 6.07 Å². The predicted molar refractivity (Wildman–Crippen MR) is 67.5 cm³/mol. The number of methoxy groups -OCH3 is 1. The molecule has 7 heteroatoms.